The van der Waals surface area contributed by atoms with Gasteiger partial charge in [-0.25, -0.2) is 9.61 Å². The van der Waals surface area contributed by atoms with E-state index in [0.29, 0.717) is 22.5 Å². The molecule has 0 fully saturated rings. The van der Waals surface area contributed by atoms with Crippen LogP contribution in [-0.2, 0) is 5.60 Å². The molecule has 1 unspecified atom stereocenters. The lowest BCUT2D eigenvalue weighted by Gasteiger charge is -2.19. The van der Waals surface area contributed by atoms with Crippen molar-refractivity contribution in [3.05, 3.63) is 71.7 Å². The quantitative estimate of drug-likeness (QED) is 0.487. The molecule has 0 aliphatic rings. The number of carbonyl (C=O) groups excluding carboxylic acids is 1. The Hall–Kier alpha value is -3.85. The van der Waals surface area contributed by atoms with Crippen molar-refractivity contribution in [1.29, 1.82) is 0 Å². The van der Waals surface area contributed by atoms with E-state index in [4.69, 9.17) is 4.74 Å². The first-order chi connectivity index (χ1) is 14.8. The molecule has 158 valence electrons. The second-order valence-corrected chi connectivity index (χ2v) is 7.60. The number of aromatic nitrogens is 4. The van der Waals surface area contributed by atoms with Crippen LogP contribution in [0.25, 0.3) is 11.0 Å². The molecule has 3 heterocycles. The summed E-state index contributed by atoms with van der Waals surface area (Å²) in [4.78, 5) is 21.4. The summed E-state index contributed by atoms with van der Waals surface area (Å²) in [6.45, 7) is 5.18. The van der Waals surface area contributed by atoms with Crippen molar-refractivity contribution in [3.8, 4) is 11.6 Å². The normalized spacial score (nSPS) is 12.5. The maximum Gasteiger partial charge on any atom is 0.257 e. The van der Waals surface area contributed by atoms with Gasteiger partial charge in [-0.15, -0.1) is 0 Å². The summed E-state index contributed by atoms with van der Waals surface area (Å²) in [7, 11) is 0. The Morgan fingerprint density at radius 1 is 1.13 bits per heavy atom. The molecule has 4 rings (SSSR count). The molecule has 0 spiro atoms. The molecule has 9 nitrogen and oxygen atoms in total. The highest BCUT2D eigenvalue weighted by Gasteiger charge is 2.20. The van der Waals surface area contributed by atoms with E-state index in [1.807, 2.05) is 13.0 Å². The standard InChI is InChI=1S/C22H21N5O4/c1-13(14-6-9-19(24-12-14)22(2,3)29)25-20(28)16-5-4-10-23-21(16)30-15-7-8-17-18(11-15)27-31-26-17/h4-13,29H,1-3H3,(H,25,28). The molecular formula is C22H21N5O4. The third kappa shape index (κ3) is 4.51. The van der Waals surface area contributed by atoms with Crippen molar-refractivity contribution in [2.24, 2.45) is 0 Å². The zero-order valence-corrected chi connectivity index (χ0v) is 17.2. The van der Waals surface area contributed by atoms with Gasteiger partial charge in [-0.3, -0.25) is 9.78 Å². The summed E-state index contributed by atoms with van der Waals surface area (Å²) in [6.07, 6.45) is 3.19. The smallest absolute Gasteiger partial charge is 0.257 e. The number of carbonyl (C=O) groups is 1. The molecule has 0 radical (unpaired) electrons. The lowest BCUT2D eigenvalue weighted by molar-refractivity contribution is 0.0737. The first-order valence-corrected chi connectivity index (χ1v) is 9.66. The van der Waals surface area contributed by atoms with E-state index in [1.165, 1.54) is 0 Å². The van der Waals surface area contributed by atoms with Gasteiger partial charge in [0.1, 0.15) is 27.9 Å². The summed E-state index contributed by atoms with van der Waals surface area (Å²) < 4.78 is 10.5. The fraction of sp³-hybridized carbons (Fsp3) is 0.227. The van der Waals surface area contributed by atoms with Gasteiger partial charge >= 0.3 is 0 Å². The summed E-state index contributed by atoms with van der Waals surface area (Å²) in [6, 6.07) is 11.6. The van der Waals surface area contributed by atoms with Gasteiger partial charge in [0.2, 0.25) is 5.88 Å². The maximum atomic E-state index is 12.9. The number of rotatable bonds is 6. The van der Waals surface area contributed by atoms with Gasteiger partial charge < -0.3 is 15.2 Å². The molecule has 1 amide bonds. The topological polar surface area (TPSA) is 123 Å². The average molecular weight is 419 g/mol. The zero-order chi connectivity index (χ0) is 22.0. The fourth-order valence-electron chi connectivity index (χ4n) is 2.96. The third-order valence-corrected chi connectivity index (χ3v) is 4.72. The molecule has 31 heavy (non-hydrogen) atoms. The van der Waals surface area contributed by atoms with Gasteiger partial charge in [-0.2, -0.15) is 0 Å². The SMILES string of the molecule is CC(NC(=O)c1cccnc1Oc1ccc2nonc2c1)c1ccc(C(C)(C)O)nc1. The Kier molecular flexibility index (Phi) is 5.35. The molecular weight excluding hydrogens is 398 g/mol. The van der Waals surface area contributed by atoms with Crippen LogP contribution in [0.2, 0.25) is 0 Å². The molecule has 1 atom stereocenters. The van der Waals surface area contributed by atoms with Crippen LogP contribution in [0, 0.1) is 0 Å². The molecule has 4 aromatic rings. The average Bonchev–Trinajstić information content (AvgIpc) is 3.21. The Morgan fingerprint density at radius 2 is 1.94 bits per heavy atom. The molecule has 0 saturated heterocycles. The summed E-state index contributed by atoms with van der Waals surface area (Å²) in [5, 5.41) is 20.5. The minimum atomic E-state index is -1.03. The van der Waals surface area contributed by atoms with Crippen LogP contribution in [0.15, 0.2) is 59.5 Å². The number of nitrogens with one attached hydrogen (secondary N) is 1. The van der Waals surface area contributed by atoms with E-state index >= 15 is 0 Å². The van der Waals surface area contributed by atoms with Gasteiger partial charge in [0, 0.05) is 18.5 Å². The number of hydrogen-bond donors (Lipinski definition) is 2. The number of pyridine rings is 2. The summed E-state index contributed by atoms with van der Waals surface area (Å²) >= 11 is 0. The predicted octanol–water partition coefficient (Wildman–Crippen LogP) is 3.52. The van der Waals surface area contributed by atoms with Gasteiger partial charge in [0.15, 0.2) is 0 Å². The number of ether oxygens (including phenoxy) is 1. The highest BCUT2D eigenvalue weighted by Crippen LogP contribution is 2.26. The Labute approximate surface area is 178 Å². The minimum absolute atomic E-state index is 0.165. The van der Waals surface area contributed by atoms with Crippen LogP contribution >= 0.6 is 0 Å². The molecule has 0 saturated carbocycles. The van der Waals surface area contributed by atoms with Crippen molar-refractivity contribution in [3.63, 3.8) is 0 Å². The van der Waals surface area contributed by atoms with Crippen molar-refractivity contribution >= 4 is 16.9 Å². The third-order valence-electron chi connectivity index (χ3n) is 4.72. The molecule has 3 aromatic heterocycles. The molecule has 9 heteroatoms. The van der Waals surface area contributed by atoms with E-state index < -0.39 is 5.60 Å². The van der Waals surface area contributed by atoms with Crippen LogP contribution in [0.1, 0.15) is 48.4 Å². The van der Waals surface area contributed by atoms with Crippen molar-refractivity contribution in [2.75, 3.05) is 0 Å². The Balaban J connectivity index is 1.51. The van der Waals surface area contributed by atoms with Gasteiger partial charge in [0.25, 0.3) is 5.91 Å². The van der Waals surface area contributed by atoms with Crippen molar-refractivity contribution < 1.29 is 19.3 Å². The molecule has 0 aliphatic carbocycles. The number of nitrogens with zero attached hydrogens (tertiary/aromatic N) is 4. The minimum Gasteiger partial charge on any atom is -0.438 e. The van der Waals surface area contributed by atoms with Crippen molar-refractivity contribution in [2.45, 2.75) is 32.4 Å². The Morgan fingerprint density at radius 3 is 2.68 bits per heavy atom. The number of aliphatic hydroxyl groups is 1. The second-order valence-electron chi connectivity index (χ2n) is 7.60. The highest BCUT2D eigenvalue weighted by atomic mass is 16.6. The van der Waals surface area contributed by atoms with Gasteiger partial charge in [-0.05, 0) is 67.0 Å². The van der Waals surface area contributed by atoms with E-state index in [9.17, 15) is 9.90 Å². The Bertz CT molecular complexity index is 1210. The highest BCUT2D eigenvalue weighted by molar-refractivity contribution is 5.96. The van der Waals surface area contributed by atoms with E-state index in [0.717, 1.165) is 5.56 Å². The first kappa shape index (κ1) is 20.4. The number of benzene rings is 1. The molecule has 2 N–H and O–H groups in total. The maximum absolute atomic E-state index is 12.9. The van der Waals surface area contributed by atoms with Gasteiger partial charge in [0.05, 0.1) is 11.7 Å². The monoisotopic (exact) mass is 419 g/mol. The van der Waals surface area contributed by atoms with E-state index in [2.05, 4.69) is 30.2 Å². The fourth-order valence-corrected chi connectivity index (χ4v) is 2.96. The van der Waals surface area contributed by atoms with E-state index in [1.54, 1.807) is 62.6 Å². The van der Waals surface area contributed by atoms with Crippen LogP contribution in [0.5, 0.6) is 11.6 Å². The second kappa shape index (κ2) is 8.11. The number of fused-ring (bicyclic) bond motifs is 1. The summed E-state index contributed by atoms with van der Waals surface area (Å²) in [5.41, 5.74) is 1.75. The van der Waals surface area contributed by atoms with Gasteiger partial charge in [-0.1, -0.05) is 6.07 Å². The first-order valence-electron chi connectivity index (χ1n) is 9.66. The van der Waals surface area contributed by atoms with Crippen LogP contribution in [0.4, 0.5) is 0 Å². The lowest BCUT2D eigenvalue weighted by Crippen LogP contribution is -2.27. The zero-order valence-electron chi connectivity index (χ0n) is 17.2. The molecule has 1 aromatic carbocycles. The molecule has 0 bridgehead atoms. The van der Waals surface area contributed by atoms with E-state index in [-0.39, 0.29) is 23.4 Å². The largest absolute Gasteiger partial charge is 0.438 e. The summed E-state index contributed by atoms with van der Waals surface area (Å²) in [5.74, 6) is 0.278. The predicted molar refractivity (Wildman–Crippen MR) is 111 cm³/mol. The number of hydrogen-bond acceptors (Lipinski definition) is 8. The molecule has 0 aliphatic heterocycles. The van der Waals surface area contributed by atoms with Crippen molar-refractivity contribution in [1.82, 2.24) is 25.6 Å². The number of amides is 1. The van der Waals surface area contributed by atoms with Crippen LogP contribution < -0.4 is 10.1 Å². The van der Waals surface area contributed by atoms with Crippen LogP contribution in [-0.4, -0.2) is 31.3 Å². The lowest BCUT2D eigenvalue weighted by atomic mass is 10.0. The van der Waals surface area contributed by atoms with Crippen LogP contribution in [0.3, 0.4) is 0 Å².